The molecule has 1 aliphatic carbocycles. The quantitative estimate of drug-likeness (QED) is 0.847. The molecular weight excluding hydrogens is 290 g/mol. The Morgan fingerprint density at radius 3 is 2.57 bits per heavy atom. The summed E-state index contributed by atoms with van der Waals surface area (Å²) in [7, 11) is 0. The molecule has 0 unspecified atom stereocenters. The van der Waals surface area contributed by atoms with Crippen LogP contribution in [-0.2, 0) is 11.2 Å². The maximum absolute atomic E-state index is 12.0. The molecule has 0 bridgehead atoms. The number of aryl methyl sites for hydroxylation is 1. The van der Waals surface area contributed by atoms with Gasteiger partial charge in [-0.2, -0.15) is 0 Å². The van der Waals surface area contributed by atoms with Crippen molar-refractivity contribution in [3.63, 3.8) is 0 Å². The maximum atomic E-state index is 12.0. The van der Waals surface area contributed by atoms with Crippen LogP contribution in [0.2, 0.25) is 0 Å². The molecular formula is C19H27NO3. The van der Waals surface area contributed by atoms with E-state index in [0.717, 1.165) is 19.4 Å². The minimum absolute atomic E-state index is 0.503. The number of hydrogen-bond acceptors (Lipinski definition) is 3. The van der Waals surface area contributed by atoms with Gasteiger partial charge in [-0.15, -0.1) is 0 Å². The van der Waals surface area contributed by atoms with Crippen molar-refractivity contribution in [3.8, 4) is 0 Å². The summed E-state index contributed by atoms with van der Waals surface area (Å²) in [5.74, 6) is -0.831. The first-order valence-electron chi connectivity index (χ1n) is 8.81. The number of carbonyl (C=O) groups is 1. The van der Waals surface area contributed by atoms with Gasteiger partial charge in [0, 0.05) is 19.1 Å². The number of carboxylic acid groups (broad SMARTS) is 1. The van der Waals surface area contributed by atoms with Crippen LogP contribution in [0.25, 0.3) is 0 Å². The Bertz CT molecular complexity index is 529. The fourth-order valence-corrected chi connectivity index (χ4v) is 3.99. The number of piperidine rings is 1. The molecule has 0 aromatic heterocycles. The molecule has 1 aromatic carbocycles. The van der Waals surface area contributed by atoms with Gasteiger partial charge in [0.25, 0.3) is 0 Å². The van der Waals surface area contributed by atoms with Crippen molar-refractivity contribution in [1.29, 1.82) is 0 Å². The summed E-state index contributed by atoms with van der Waals surface area (Å²) in [6.07, 6.45) is 5.66. The summed E-state index contributed by atoms with van der Waals surface area (Å²) >= 11 is 0. The van der Waals surface area contributed by atoms with E-state index in [1.807, 2.05) is 18.2 Å². The van der Waals surface area contributed by atoms with Gasteiger partial charge in [-0.1, -0.05) is 36.8 Å². The van der Waals surface area contributed by atoms with Crippen LogP contribution in [-0.4, -0.2) is 46.3 Å². The Kier molecular flexibility index (Phi) is 5.02. The molecule has 0 radical (unpaired) electrons. The van der Waals surface area contributed by atoms with Gasteiger partial charge in [-0.3, -0.25) is 9.69 Å². The molecule has 4 heteroatoms. The number of aliphatic carboxylic acids is 1. The third kappa shape index (κ3) is 3.43. The zero-order valence-electron chi connectivity index (χ0n) is 13.7. The van der Waals surface area contributed by atoms with E-state index in [1.54, 1.807) is 0 Å². The molecule has 1 heterocycles. The van der Waals surface area contributed by atoms with Crippen molar-refractivity contribution in [2.75, 3.05) is 13.1 Å². The summed E-state index contributed by atoms with van der Waals surface area (Å²) in [6.45, 7) is 1.34. The lowest BCUT2D eigenvalue weighted by molar-refractivity contribution is -0.166. The van der Waals surface area contributed by atoms with Crippen molar-refractivity contribution in [2.24, 2.45) is 5.41 Å². The molecule has 2 aliphatic rings. The van der Waals surface area contributed by atoms with Gasteiger partial charge >= 0.3 is 5.97 Å². The van der Waals surface area contributed by atoms with E-state index in [4.69, 9.17) is 0 Å². The molecule has 2 fully saturated rings. The number of nitrogens with zero attached hydrogens (tertiary/aromatic N) is 1. The lowest BCUT2D eigenvalue weighted by atomic mass is 9.72. The molecule has 2 atom stereocenters. The van der Waals surface area contributed by atoms with Gasteiger partial charge in [0.15, 0.2) is 0 Å². The van der Waals surface area contributed by atoms with Crippen molar-refractivity contribution in [1.82, 2.24) is 4.90 Å². The van der Waals surface area contributed by atoms with Crippen molar-refractivity contribution in [2.45, 2.75) is 57.1 Å². The summed E-state index contributed by atoms with van der Waals surface area (Å²) in [6, 6.07) is 10.7. The summed E-state index contributed by atoms with van der Waals surface area (Å²) in [5, 5.41) is 20.3. The van der Waals surface area contributed by atoms with E-state index in [9.17, 15) is 15.0 Å². The van der Waals surface area contributed by atoms with Crippen molar-refractivity contribution < 1.29 is 15.0 Å². The summed E-state index contributed by atoms with van der Waals surface area (Å²) < 4.78 is 0. The highest BCUT2D eigenvalue weighted by Crippen LogP contribution is 2.39. The largest absolute Gasteiger partial charge is 0.481 e. The highest BCUT2D eigenvalue weighted by atomic mass is 16.4. The van der Waals surface area contributed by atoms with E-state index in [0.29, 0.717) is 25.4 Å². The third-order valence-electron chi connectivity index (χ3n) is 5.76. The number of rotatable bonds is 6. The fraction of sp³-hybridized carbons (Fsp3) is 0.632. The molecule has 4 nitrogen and oxygen atoms in total. The molecule has 3 rings (SSSR count). The second-order valence-electron chi connectivity index (χ2n) is 7.16. The van der Waals surface area contributed by atoms with Crippen LogP contribution < -0.4 is 0 Å². The van der Waals surface area contributed by atoms with E-state index in [-0.39, 0.29) is 0 Å². The van der Waals surface area contributed by atoms with Gasteiger partial charge in [-0.05, 0) is 44.1 Å². The summed E-state index contributed by atoms with van der Waals surface area (Å²) in [5.41, 5.74) is 0.233. The molecule has 1 saturated heterocycles. The van der Waals surface area contributed by atoms with E-state index < -0.39 is 17.5 Å². The van der Waals surface area contributed by atoms with E-state index >= 15 is 0 Å². The van der Waals surface area contributed by atoms with Gasteiger partial charge in [0.05, 0.1) is 6.10 Å². The zero-order chi connectivity index (χ0) is 16.3. The van der Waals surface area contributed by atoms with Gasteiger partial charge in [0.1, 0.15) is 5.41 Å². The number of likely N-dealkylation sites (tertiary alicyclic amines) is 1. The predicted octanol–water partition coefficient (Wildman–Crippen LogP) is 2.70. The number of carboxylic acids is 1. The Labute approximate surface area is 138 Å². The Balaban J connectivity index is 1.65. The average molecular weight is 317 g/mol. The van der Waals surface area contributed by atoms with Gasteiger partial charge in [0.2, 0.25) is 0 Å². The number of aliphatic hydroxyl groups excluding tert-OH is 1. The minimum Gasteiger partial charge on any atom is -0.481 e. The molecule has 23 heavy (non-hydrogen) atoms. The minimum atomic E-state index is -0.997. The maximum Gasteiger partial charge on any atom is 0.313 e. The first-order chi connectivity index (χ1) is 11.1. The number of hydrogen-bond donors (Lipinski definition) is 2. The standard InChI is InChI=1S/C19H27NO3/c21-17-11-13-20(16-9-4-10-16)14-19(17,18(22)23)12-5-8-15-6-2-1-3-7-15/h1-3,6-7,16-17,21H,4-5,8-14H2,(H,22,23)/t17-,19-/m1/s1. The van der Waals surface area contributed by atoms with Crippen molar-refractivity contribution in [3.05, 3.63) is 35.9 Å². The van der Waals surface area contributed by atoms with Crippen LogP contribution in [0.3, 0.4) is 0 Å². The van der Waals surface area contributed by atoms with Crippen LogP contribution in [0.5, 0.6) is 0 Å². The monoisotopic (exact) mass is 317 g/mol. The molecule has 1 aliphatic heterocycles. The van der Waals surface area contributed by atoms with Crippen LogP contribution >= 0.6 is 0 Å². The average Bonchev–Trinajstić information content (AvgIpc) is 2.49. The zero-order valence-corrected chi connectivity index (χ0v) is 13.7. The number of benzene rings is 1. The molecule has 0 spiro atoms. The third-order valence-corrected chi connectivity index (χ3v) is 5.76. The Morgan fingerprint density at radius 1 is 1.22 bits per heavy atom. The summed E-state index contributed by atoms with van der Waals surface area (Å²) in [4.78, 5) is 14.3. The van der Waals surface area contributed by atoms with Crippen LogP contribution in [0.1, 0.15) is 44.1 Å². The molecule has 126 valence electrons. The normalized spacial score (nSPS) is 29.2. The van der Waals surface area contributed by atoms with Crippen molar-refractivity contribution >= 4 is 5.97 Å². The smallest absolute Gasteiger partial charge is 0.313 e. The lowest BCUT2D eigenvalue weighted by Gasteiger charge is -2.48. The van der Waals surface area contributed by atoms with Crippen LogP contribution in [0, 0.1) is 5.41 Å². The van der Waals surface area contributed by atoms with Gasteiger partial charge < -0.3 is 10.2 Å². The predicted molar refractivity (Wildman–Crippen MR) is 89.3 cm³/mol. The van der Waals surface area contributed by atoms with Gasteiger partial charge in [-0.25, -0.2) is 0 Å². The van der Waals surface area contributed by atoms with E-state index in [2.05, 4.69) is 17.0 Å². The SMILES string of the molecule is O=C(O)[C@]1(CCCc2ccccc2)CN(C2CCC2)CC[C@H]1O. The molecule has 1 saturated carbocycles. The second-order valence-corrected chi connectivity index (χ2v) is 7.16. The van der Waals surface area contributed by atoms with Crippen LogP contribution in [0.4, 0.5) is 0 Å². The second kappa shape index (κ2) is 7.02. The molecule has 2 N–H and O–H groups in total. The molecule has 1 aromatic rings. The lowest BCUT2D eigenvalue weighted by Crippen LogP contribution is -2.59. The first kappa shape index (κ1) is 16.5. The highest BCUT2D eigenvalue weighted by Gasteiger charge is 2.50. The Hall–Kier alpha value is -1.39. The number of aliphatic hydroxyl groups is 1. The first-order valence-corrected chi connectivity index (χ1v) is 8.81. The topological polar surface area (TPSA) is 60.8 Å². The Morgan fingerprint density at radius 2 is 1.96 bits per heavy atom. The van der Waals surface area contributed by atoms with E-state index in [1.165, 1.54) is 24.8 Å². The van der Waals surface area contributed by atoms with Crippen LogP contribution in [0.15, 0.2) is 30.3 Å². The fourth-order valence-electron chi connectivity index (χ4n) is 3.99. The molecule has 0 amide bonds. The highest BCUT2D eigenvalue weighted by molar-refractivity contribution is 5.76.